The van der Waals surface area contributed by atoms with Crippen molar-refractivity contribution in [2.24, 2.45) is 11.8 Å². The van der Waals surface area contributed by atoms with E-state index in [2.05, 4.69) is 34.2 Å². The fraction of sp³-hybridized carbons (Fsp3) is 0.615. The van der Waals surface area contributed by atoms with Gasteiger partial charge in [-0.1, -0.05) is 6.92 Å². The van der Waals surface area contributed by atoms with E-state index in [-0.39, 0.29) is 5.92 Å². The second-order valence-corrected chi connectivity index (χ2v) is 7.35. The number of halogens is 1. The van der Waals surface area contributed by atoms with Crippen molar-refractivity contribution in [3.05, 3.63) is 20.8 Å². The van der Waals surface area contributed by atoms with Gasteiger partial charge in [0.2, 0.25) is 5.91 Å². The predicted octanol–water partition coefficient (Wildman–Crippen LogP) is 2.71. The molecule has 2 atom stereocenters. The third kappa shape index (κ3) is 3.13. The lowest BCUT2D eigenvalue weighted by molar-refractivity contribution is -0.136. The van der Waals surface area contributed by atoms with Gasteiger partial charge in [-0.3, -0.25) is 4.79 Å². The van der Waals surface area contributed by atoms with Crippen molar-refractivity contribution in [3.8, 4) is 0 Å². The zero-order chi connectivity index (χ0) is 13.1. The van der Waals surface area contributed by atoms with Gasteiger partial charge in [0, 0.05) is 18.0 Å². The van der Waals surface area contributed by atoms with Gasteiger partial charge in [0.1, 0.15) is 0 Å². The number of thiophene rings is 1. The number of nitrogens with zero attached hydrogens (tertiary/aromatic N) is 1. The van der Waals surface area contributed by atoms with E-state index < -0.39 is 0 Å². The molecule has 1 saturated heterocycles. The van der Waals surface area contributed by atoms with Gasteiger partial charge in [-0.15, -0.1) is 11.3 Å². The number of hydrogen-bond donors (Lipinski definition) is 1. The lowest BCUT2D eigenvalue weighted by Gasteiger charge is -2.25. The van der Waals surface area contributed by atoms with Crippen LogP contribution >= 0.6 is 27.3 Å². The molecule has 0 unspecified atom stereocenters. The lowest BCUT2D eigenvalue weighted by Crippen LogP contribution is -2.38. The van der Waals surface area contributed by atoms with Crippen molar-refractivity contribution in [1.82, 2.24) is 10.2 Å². The summed E-state index contributed by atoms with van der Waals surface area (Å²) in [4.78, 5) is 15.7. The van der Waals surface area contributed by atoms with E-state index >= 15 is 0 Å². The Morgan fingerprint density at radius 1 is 1.56 bits per heavy atom. The van der Waals surface area contributed by atoms with Crippen LogP contribution in [0.3, 0.4) is 0 Å². The van der Waals surface area contributed by atoms with Crippen molar-refractivity contribution < 1.29 is 4.79 Å². The summed E-state index contributed by atoms with van der Waals surface area (Å²) in [5.41, 5.74) is 0. The molecule has 3 nitrogen and oxygen atoms in total. The molecule has 1 aliphatic heterocycles. The number of amides is 1. The van der Waals surface area contributed by atoms with Gasteiger partial charge in [0.15, 0.2) is 0 Å². The molecule has 0 spiro atoms. The van der Waals surface area contributed by atoms with Crippen LogP contribution in [0, 0.1) is 11.8 Å². The standard InChI is InChI=1S/C13H19BrN2OS/c1-3-16(8-10-4-5-12(14)18-10)13(17)11-7-15-6-9(11)2/h4-5,9,11,15H,3,6-8H2,1-2H3/t9-,11-/m1/s1. The molecule has 1 amide bonds. The topological polar surface area (TPSA) is 32.3 Å². The highest BCUT2D eigenvalue weighted by Gasteiger charge is 2.32. The molecular weight excluding hydrogens is 312 g/mol. The van der Waals surface area contributed by atoms with E-state index in [0.29, 0.717) is 11.8 Å². The summed E-state index contributed by atoms with van der Waals surface area (Å²) in [5.74, 6) is 0.884. The summed E-state index contributed by atoms with van der Waals surface area (Å²) < 4.78 is 1.12. The highest BCUT2D eigenvalue weighted by molar-refractivity contribution is 9.11. The van der Waals surface area contributed by atoms with Gasteiger partial charge in [-0.25, -0.2) is 0 Å². The predicted molar refractivity (Wildman–Crippen MR) is 78.6 cm³/mol. The van der Waals surface area contributed by atoms with Crippen LogP contribution in [0.2, 0.25) is 0 Å². The molecule has 1 aromatic heterocycles. The number of rotatable bonds is 4. The Bertz CT molecular complexity index is 421. The molecule has 0 aliphatic carbocycles. The molecule has 1 aromatic rings. The lowest BCUT2D eigenvalue weighted by atomic mass is 9.96. The third-order valence-corrected chi connectivity index (χ3v) is 5.11. The number of hydrogen-bond acceptors (Lipinski definition) is 3. The molecule has 2 rings (SSSR count). The van der Waals surface area contributed by atoms with Crippen LogP contribution in [0.5, 0.6) is 0 Å². The highest BCUT2D eigenvalue weighted by atomic mass is 79.9. The summed E-state index contributed by atoms with van der Waals surface area (Å²) in [6.07, 6.45) is 0. The molecule has 1 fully saturated rings. The van der Waals surface area contributed by atoms with Crippen LogP contribution in [-0.4, -0.2) is 30.4 Å². The van der Waals surface area contributed by atoms with Crippen LogP contribution in [0.15, 0.2) is 15.9 Å². The van der Waals surface area contributed by atoms with Crippen molar-refractivity contribution in [2.75, 3.05) is 19.6 Å². The number of carbonyl (C=O) groups excluding carboxylic acids is 1. The third-order valence-electron chi connectivity index (χ3n) is 3.50. The first-order chi connectivity index (χ1) is 8.61. The van der Waals surface area contributed by atoms with E-state index in [9.17, 15) is 4.79 Å². The van der Waals surface area contributed by atoms with E-state index in [1.165, 1.54) is 4.88 Å². The first-order valence-electron chi connectivity index (χ1n) is 6.35. The second-order valence-electron chi connectivity index (χ2n) is 4.80. The van der Waals surface area contributed by atoms with E-state index in [1.807, 2.05) is 17.9 Å². The molecule has 0 aromatic carbocycles. The summed E-state index contributed by atoms with van der Waals surface area (Å²) >= 11 is 5.16. The largest absolute Gasteiger partial charge is 0.338 e. The zero-order valence-corrected chi connectivity index (χ0v) is 13.2. The Morgan fingerprint density at radius 3 is 2.83 bits per heavy atom. The first kappa shape index (κ1) is 14.0. The molecule has 0 saturated carbocycles. The Balaban J connectivity index is 2.01. The fourth-order valence-electron chi connectivity index (χ4n) is 2.35. The van der Waals surface area contributed by atoms with Crippen LogP contribution < -0.4 is 5.32 Å². The molecule has 1 N–H and O–H groups in total. The maximum atomic E-state index is 12.5. The molecule has 0 bridgehead atoms. The average molecular weight is 331 g/mol. The van der Waals surface area contributed by atoms with E-state index in [0.717, 1.165) is 30.0 Å². The Labute approximate surface area is 121 Å². The Hall–Kier alpha value is -0.390. The summed E-state index contributed by atoms with van der Waals surface area (Å²) in [6.45, 7) is 7.49. The maximum Gasteiger partial charge on any atom is 0.227 e. The second kappa shape index (κ2) is 6.17. The van der Waals surface area contributed by atoms with Crippen molar-refractivity contribution in [2.45, 2.75) is 20.4 Å². The minimum absolute atomic E-state index is 0.147. The maximum absolute atomic E-state index is 12.5. The molecule has 5 heteroatoms. The molecular formula is C13H19BrN2OS. The van der Waals surface area contributed by atoms with E-state index in [1.54, 1.807) is 11.3 Å². The minimum atomic E-state index is 0.147. The highest BCUT2D eigenvalue weighted by Crippen LogP contribution is 2.25. The molecule has 2 heterocycles. The van der Waals surface area contributed by atoms with Crippen LogP contribution in [0.25, 0.3) is 0 Å². The summed E-state index contributed by atoms with van der Waals surface area (Å²) in [6, 6.07) is 4.12. The normalized spacial score (nSPS) is 23.3. The monoisotopic (exact) mass is 330 g/mol. The minimum Gasteiger partial charge on any atom is -0.338 e. The van der Waals surface area contributed by atoms with Crippen LogP contribution in [0.1, 0.15) is 18.7 Å². The van der Waals surface area contributed by atoms with Crippen molar-refractivity contribution in [1.29, 1.82) is 0 Å². The van der Waals surface area contributed by atoms with Gasteiger partial charge in [0.05, 0.1) is 16.2 Å². The quantitative estimate of drug-likeness (QED) is 0.920. The fourth-order valence-corrected chi connectivity index (χ4v) is 3.84. The SMILES string of the molecule is CCN(Cc1ccc(Br)s1)C(=O)[C@@H]1CNC[C@H]1C. The summed E-state index contributed by atoms with van der Waals surface area (Å²) in [5, 5.41) is 3.30. The van der Waals surface area contributed by atoms with Gasteiger partial charge >= 0.3 is 0 Å². The van der Waals surface area contributed by atoms with Gasteiger partial charge in [0.25, 0.3) is 0 Å². The van der Waals surface area contributed by atoms with Crippen molar-refractivity contribution >= 4 is 33.2 Å². The summed E-state index contributed by atoms with van der Waals surface area (Å²) in [7, 11) is 0. The van der Waals surface area contributed by atoms with Gasteiger partial charge in [-0.05, 0) is 47.4 Å². The number of nitrogens with one attached hydrogen (secondary N) is 1. The van der Waals surface area contributed by atoms with Crippen LogP contribution in [0.4, 0.5) is 0 Å². The van der Waals surface area contributed by atoms with Crippen LogP contribution in [-0.2, 0) is 11.3 Å². The number of carbonyl (C=O) groups is 1. The smallest absolute Gasteiger partial charge is 0.227 e. The van der Waals surface area contributed by atoms with E-state index in [4.69, 9.17) is 0 Å². The zero-order valence-electron chi connectivity index (χ0n) is 10.8. The molecule has 100 valence electrons. The average Bonchev–Trinajstić information content (AvgIpc) is 2.94. The molecule has 18 heavy (non-hydrogen) atoms. The Kier molecular flexibility index (Phi) is 4.81. The first-order valence-corrected chi connectivity index (χ1v) is 7.96. The molecule has 0 radical (unpaired) electrons. The van der Waals surface area contributed by atoms with Crippen molar-refractivity contribution in [3.63, 3.8) is 0 Å². The Morgan fingerprint density at radius 2 is 2.33 bits per heavy atom. The van der Waals surface area contributed by atoms with Gasteiger partial charge < -0.3 is 10.2 Å². The van der Waals surface area contributed by atoms with Gasteiger partial charge in [-0.2, -0.15) is 0 Å². The molecule has 1 aliphatic rings.